The quantitative estimate of drug-likeness (QED) is 0.850. The molecule has 2 rings (SSSR count). The highest BCUT2D eigenvalue weighted by Gasteiger charge is 2.10. The minimum absolute atomic E-state index is 0.149. The summed E-state index contributed by atoms with van der Waals surface area (Å²) in [5, 5.41) is 19.4. The Hall–Kier alpha value is -1.32. The fourth-order valence-corrected chi connectivity index (χ4v) is 2.66. The lowest BCUT2D eigenvalue weighted by molar-refractivity contribution is 0.277. The second-order valence-corrected chi connectivity index (χ2v) is 4.88. The zero-order valence-electron chi connectivity index (χ0n) is 11.1. The lowest BCUT2D eigenvalue weighted by Gasteiger charge is -2.06. The molecular weight excluding hydrogens is 226 g/mol. The fraction of sp³-hybridized carbons (Fsp3) is 0.467. The minimum atomic E-state index is 0.149. The van der Waals surface area contributed by atoms with Gasteiger partial charge in [0.2, 0.25) is 0 Å². The third kappa shape index (κ3) is 2.42. The highest BCUT2D eigenvalue weighted by Crippen LogP contribution is 2.27. The van der Waals surface area contributed by atoms with Gasteiger partial charge in [-0.15, -0.1) is 0 Å². The van der Waals surface area contributed by atoms with Crippen molar-refractivity contribution in [2.45, 2.75) is 33.2 Å². The van der Waals surface area contributed by atoms with Crippen molar-refractivity contribution >= 4 is 10.9 Å². The largest absolute Gasteiger partial charge is 0.396 e. The molecule has 3 nitrogen and oxygen atoms in total. The number of hydrogen-bond acceptors (Lipinski definition) is 2. The van der Waals surface area contributed by atoms with Crippen LogP contribution in [0.3, 0.4) is 0 Å². The first-order chi connectivity index (χ1) is 8.67. The minimum Gasteiger partial charge on any atom is -0.396 e. The van der Waals surface area contributed by atoms with Crippen LogP contribution in [0.25, 0.3) is 10.9 Å². The van der Waals surface area contributed by atoms with E-state index in [1.807, 2.05) is 0 Å². The number of benzene rings is 1. The first-order valence-electron chi connectivity index (χ1n) is 6.48. The summed E-state index contributed by atoms with van der Waals surface area (Å²) in [6.07, 6.45) is 3.78. The van der Waals surface area contributed by atoms with E-state index >= 15 is 0 Å². The van der Waals surface area contributed by atoms with Gasteiger partial charge in [-0.05, 0) is 43.9 Å². The normalized spacial score (nSPS) is 11.3. The number of aryl methyl sites for hydroxylation is 3. The van der Waals surface area contributed by atoms with E-state index in [4.69, 9.17) is 10.2 Å². The van der Waals surface area contributed by atoms with Crippen LogP contribution < -0.4 is 0 Å². The average Bonchev–Trinajstić information content (AvgIpc) is 2.65. The Morgan fingerprint density at radius 3 is 2.56 bits per heavy atom. The zero-order chi connectivity index (χ0) is 13.1. The third-order valence-electron chi connectivity index (χ3n) is 3.33. The smallest absolute Gasteiger partial charge is 0.0610 e. The molecule has 0 amide bonds. The van der Waals surface area contributed by atoms with Crippen molar-refractivity contribution in [3.05, 3.63) is 35.0 Å². The van der Waals surface area contributed by atoms with Crippen molar-refractivity contribution in [2.75, 3.05) is 13.2 Å². The Balaban J connectivity index is 2.56. The molecule has 1 aromatic heterocycles. The Morgan fingerprint density at radius 2 is 1.89 bits per heavy atom. The number of nitrogens with zero attached hydrogens (tertiary/aromatic N) is 1. The number of fused-ring (bicyclic) bond motifs is 1. The van der Waals surface area contributed by atoms with Crippen molar-refractivity contribution < 1.29 is 10.2 Å². The van der Waals surface area contributed by atoms with Crippen LogP contribution in [0.5, 0.6) is 0 Å². The van der Waals surface area contributed by atoms with E-state index in [2.05, 4.69) is 36.7 Å². The molecule has 2 aromatic rings. The molecule has 18 heavy (non-hydrogen) atoms. The van der Waals surface area contributed by atoms with E-state index in [-0.39, 0.29) is 13.2 Å². The molecule has 0 aliphatic rings. The van der Waals surface area contributed by atoms with Crippen LogP contribution in [0.15, 0.2) is 18.3 Å². The Bertz CT molecular complexity index is 543. The van der Waals surface area contributed by atoms with Gasteiger partial charge in [-0.2, -0.15) is 0 Å². The van der Waals surface area contributed by atoms with Crippen LogP contribution in [0, 0.1) is 13.8 Å². The van der Waals surface area contributed by atoms with Crippen molar-refractivity contribution in [3.63, 3.8) is 0 Å². The van der Waals surface area contributed by atoms with E-state index in [0.717, 1.165) is 12.8 Å². The van der Waals surface area contributed by atoms with Gasteiger partial charge in [0.1, 0.15) is 0 Å². The highest BCUT2D eigenvalue weighted by atomic mass is 16.3. The second-order valence-electron chi connectivity index (χ2n) is 4.88. The van der Waals surface area contributed by atoms with Gasteiger partial charge in [-0.3, -0.25) is 0 Å². The summed E-state index contributed by atoms with van der Waals surface area (Å²) in [5.74, 6) is 0. The van der Waals surface area contributed by atoms with Crippen molar-refractivity contribution in [3.8, 4) is 0 Å². The Morgan fingerprint density at radius 1 is 1.11 bits per heavy atom. The number of aromatic nitrogens is 1. The molecule has 1 aromatic carbocycles. The number of hydrogen-bond donors (Lipinski definition) is 2. The fourth-order valence-electron chi connectivity index (χ4n) is 2.66. The molecule has 0 saturated carbocycles. The van der Waals surface area contributed by atoms with Crippen molar-refractivity contribution in [1.29, 1.82) is 0 Å². The summed E-state index contributed by atoms with van der Waals surface area (Å²) in [4.78, 5) is 0. The molecule has 0 bridgehead atoms. The lowest BCUT2D eigenvalue weighted by atomic mass is 10.0. The van der Waals surface area contributed by atoms with Crippen LogP contribution in [-0.2, 0) is 13.0 Å². The van der Waals surface area contributed by atoms with Gasteiger partial charge < -0.3 is 14.8 Å². The van der Waals surface area contributed by atoms with Crippen LogP contribution in [0.2, 0.25) is 0 Å². The molecule has 0 fully saturated rings. The Kier molecular flexibility index (Phi) is 4.04. The van der Waals surface area contributed by atoms with E-state index in [1.165, 1.54) is 27.6 Å². The highest BCUT2D eigenvalue weighted by molar-refractivity contribution is 5.87. The van der Waals surface area contributed by atoms with Crippen LogP contribution in [-0.4, -0.2) is 28.0 Å². The number of aliphatic hydroxyl groups excluding tert-OH is 2. The SMILES string of the molecule is Cc1cc(C)c2c(c1)c(CCCO)cn2CCO. The van der Waals surface area contributed by atoms with E-state index in [0.29, 0.717) is 6.54 Å². The number of rotatable bonds is 5. The Labute approximate surface area is 108 Å². The average molecular weight is 247 g/mol. The van der Waals surface area contributed by atoms with E-state index in [9.17, 15) is 0 Å². The summed E-state index contributed by atoms with van der Waals surface area (Å²) < 4.78 is 2.12. The molecule has 98 valence electrons. The maximum absolute atomic E-state index is 9.15. The van der Waals surface area contributed by atoms with Crippen LogP contribution >= 0.6 is 0 Å². The molecule has 0 spiro atoms. The summed E-state index contributed by atoms with van der Waals surface area (Å²) in [5.41, 5.74) is 4.97. The zero-order valence-corrected chi connectivity index (χ0v) is 11.1. The second kappa shape index (κ2) is 5.55. The van der Waals surface area contributed by atoms with Crippen LogP contribution in [0.1, 0.15) is 23.1 Å². The molecular formula is C15H21NO2. The van der Waals surface area contributed by atoms with Crippen LogP contribution in [0.4, 0.5) is 0 Å². The molecule has 0 aliphatic heterocycles. The summed E-state index contributed by atoms with van der Waals surface area (Å²) in [6, 6.07) is 4.37. The van der Waals surface area contributed by atoms with Gasteiger partial charge in [-0.25, -0.2) is 0 Å². The lowest BCUT2D eigenvalue weighted by Crippen LogP contribution is -2.01. The molecule has 0 unspecified atom stereocenters. The predicted molar refractivity (Wildman–Crippen MR) is 73.9 cm³/mol. The molecule has 0 saturated heterocycles. The molecule has 0 aliphatic carbocycles. The van der Waals surface area contributed by atoms with Gasteiger partial charge in [0.25, 0.3) is 0 Å². The summed E-state index contributed by atoms with van der Waals surface area (Å²) in [7, 11) is 0. The summed E-state index contributed by atoms with van der Waals surface area (Å²) in [6.45, 7) is 5.21. The monoisotopic (exact) mass is 247 g/mol. The van der Waals surface area contributed by atoms with Gasteiger partial charge in [0.05, 0.1) is 12.1 Å². The molecule has 2 N–H and O–H groups in total. The standard InChI is InChI=1S/C15H21NO2/c1-11-8-12(2)15-14(9-11)13(4-3-6-17)10-16(15)5-7-18/h8-10,17-18H,3-7H2,1-2H3. The molecule has 0 radical (unpaired) electrons. The van der Waals surface area contributed by atoms with Crippen molar-refractivity contribution in [2.24, 2.45) is 0 Å². The van der Waals surface area contributed by atoms with Gasteiger partial charge in [-0.1, -0.05) is 11.6 Å². The number of aliphatic hydroxyl groups is 2. The maximum Gasteiger partial charge on any atom is 0.0610 e. The topological polar surface area (TPSA) is 45.4 Å². The van der Waals surface area contributed by atoms with Crippen molar-refractivity contribution in [1.82, 2.24) is 4.57 Å². The van der Waals surface area contributed by atoms with Gasteiger partial charge in [0, 0.05) is 24.7 Å². The predicted octanol–water partition coefficient (Wildman–Crippen LogP) is 2.18. The van der Waals surface area contributed by atoms with Gasteiger partial charge in [0.15, 0.2) is 0 Å². The molecule has 1 heterocycles. The van der Waals surface area contributed by atoms with E-state index in [1.54, 1.807) is 0 Å². The third-order valence-corrected chi connectivity index (χ3v) is 3.33. The molecule has 3 heteroatoms. The van der Waals surface area contributed by atoms with E-state index < -0.39 is 0 Å². The first kappa shape index (κ1) is 13.1. The van der Waals surface area contributed by atoms with Gasteiger partial charge >= 0.3 is 0 Å². The first-order valence-corrected chi connectivity index (χ1v) is 6.48. The molecule has 0 atom stereocenters. The maximum atomic E-state index is 9.15. The summed E-state index contributed by atoms with van der Waals surface area (Å²) >= 11 is 0.